The number of para-hydroxylation sites is 2. The van der Waals surface area contributed by atoms with Crippen LogP contribution in [0.1, 0.15) is 34.0 Å². The standard InChI is InChI=1S/C25H22N2/c1-16-19-12-6-8-14-21(19)26-24(16)23(18-10-4-3-5-11-18)25-17(2)20-13-7-9-15-22(20)27-25/h3-15,23,26-27H,1-2H3. The minimum Gasteiger partial charge on any atom is -0.357 e. The van der Waals surface area contributed by atoms with Gasteiger partial charge in [0.2, 0.25) is 0 Å². The second kappa shape index (κ2) is 6.17. The largest absolute Gasteiger partial charge is 0.357 e. The molecule has 0 aliphatic heterocycles. The summed E-state index contributed by atoms with van der Waals surface area (Å²) >= 11 is 0. The van der Waals surface area contributed by atoms with Crippen molar-refractivity contribution in [3.63, 3.8) is 0 Å². The smallest absolute Gasteiger partial charge is 0.0647 e. The maximum absolute atomic E-state index is 3.71. The van der Waals surface area contributed by atoms with Crippen LogP contribution in [0.5, 0.6) is 0 Å². The number of nitrogens with one attached hydrogen (secondary N) is 2. The predicted molar refractivity (Wildman–Crippen MR) is 113 cm³/mol. The van der Waals surface area contributed by atoms with Gasteiger partial charge in [0, 0.05) is 33.2 Å². The average Bonchev–Trinajstić information content (AvgIpc) is 3.22. The van der Waals surface area contributed by atoms with Crippen LogP contribution in [0.3, 0.4) is 0 Å². The van der Waals surface area contributed by atoms with E-state index >= 15 is 0 Å². The van der Waals surface area contributed by atoms with Gasteiger partial charge in [0.25, 0.3) is 0 Å². The Hall–Kier alpha value is -3.26. The van der Waals surface area contributed by atoms with Gasteiger partial charge in [0.05, 0.1) is 5.92 Å². The Kier molecular flexibility index (Phi) is 3.64. The Balaban J connectivity index is 1.81. The van der Waals surface area contributed by atoms with Crippen LogP contribution in [0.4, 0.5) is 0 Å². The highest BCUT2D eigenvalue weighted by Gasteiger charge is 2.25. The van der Waals surface area contributed by atoms with Gasteiger partial charge in [0.15, 0.2) is 0 Å². The zero-order chi connectivity index (χ0) is 18.4. The lowest BCUT2D eigenvalue weighted by Crippen LogP contribution is -2.07. The third kappa shape index (κ3) is 2.48. The first-order valence-corrected chi connectivity index (χ1v) is 9.43. The highest BCUT2D eigenvalue weighted by atomic mass is 14.8. The van der Waals surface area contributed by atoms with Gasteiger partial charge in [-0.05, 0) is 42.7 Å². The number of benzene rings is 3. The van der Waals surface area contributed by atoms with Crippen molar-refractivity contribution in [2.75, 3.05) is 0 Å². The fourth-order valence-corrected chi connectivity index (χ4v) is 4.31. The summed E-state index contributed by atoms with van der Waals surface area (Å²) in [5.74, 6) is 0.144. The maximum atomic E-state index is 3.71. The van der Waals surface area contributed by atoms with Crippen LogP contribution < -0.4 is 0 Å². The number of hydrogen-bond acceptors (Lipinski definition) is 0. The molecule has 0 aliphatic carbocycles. The van der Waals surface area contributed by atoms with Gasteiger partial charge in [0.1, 0.15) is 0 Å². The first-order valence-electron chi connectivity index (χ1n) is 9.43. The molecule has 2 heteroatoms. The Bertz CT molecular complexity index is 1160. The van der Waals surface area contributed by atoms with Crippen LogP contribution in [0.25, 0.3) is 21.8 Å². The molecule has 0 fully saturated rings. The lowest BCUT2D eigenvalue weighted by Gasteiger charge is -2.18. The highest BCUT2D eigenvalue weighted by Crippen LogP contribution is 2.38. The van der Waals surface area contributed by atoms with Crippen LogP contribution in [0.2, 0.25) is 0 Å². The molecule has 3 aromatic carbocycles. The van der Waals surface area contributed by atoms with Crippen molar-refractivity contribution in [1.82, 2.24) is 9.97 Å². The summed E-state index contributed by atoms with van der Waals surface area (Å²) in [5, 5.41) is 2.59. The molecule has 2 heterocycles. The van der Waals surface area contributed by atoms with E-state index in [0.717, 1.165) is 0 Å². The van der Waals surface area contributed by atoms with E-state index in [1.807, 2.05) is 0 Å². The molecule has 2 N–H and O–H groups in total. The molecule has 27 heavy (non-hydrogen) atoms. The van der Waals surface area contributed by atoms with E-state index in [9.17, 15) is 0 Å². The minimum atomic E-state index is 0.144. The molecule has 0 bridgehead atoms. The summed E-state index contributed by atoms with van der Waals surface area (Å²) in [4.78, 5) is 7.42. The van der Waals surface area contributed by atoms with Crippen molar-refractivity contribution in [3.8, 4) is 0 Å². The number of fused-ring (bicyclic) bond motifs is 2. The molecule has 2 nitrogen and oxygen atoms in total. The third-order valence-corrected chi connectivity index (χ3v) is 5.72. The molecule has 0 aliphatic rings. The summed E-state index contributed by atoms with van der Waals surface area (Å²) in [6.07, 6.45) is 0. The maximum Gasteiger partial charge on any atom is 0.0647 e. The average molecular weight is 350 g/mol. The lowest BCUT2D eigenvalue weighted by molar-refractivity contribution is 0.887. The number of rotatable bonds is 3. The van der Waals surface area contributed by atoms with Crippen molar-refractivity contribution < 1.29 is 0 Å². The van der Waals surface area contributed by atoms with E-state index in [4.69, 9.17) is 0 Å². The van der Waals surface area contributed by atoms with E-state index in [1.165, 1.54) is 49.9 Å². The SMILES string of the molecule is Cc1c(C(c2ccccc2)c2[nH]c3ccccc3c2C)[nH]c2ccccc12. The summed E-state index contributed by atoms with van der Waals surface area (Å²) in [6.45, 7) is 4.45. The van der Waals surface area contributed by atoms with E-state index in [0.29, 0.717) is 0 Å². The zero-order valence-corrected chi connectivity index (χ0v) is 15.6. The van der Waals surface area contributed by atoms with Crippen molar-refractivity contribution in [2.45, 2.75) is 19.8 Å². The molecule has 0 spiro atoms. The van der Waals surface area contributed by atoms with Gasteiger partial charge in [-0.3, -0.25) is 0 Å². The van der Waals surface area contributed by atoms with E-state index in [1.54, 1.807) is 0 Å². The molecule has 0 saturated carbocycles. The second-order valence-electron chi connectivity index (χ2n) is 7.26. The predicted octanol–water partition coefficient (Wildman–Crippen LogP) is 6.45. The lowest BCUT2D eigenvalue weighted by atomic mass is 9.88. The van der Waals surface area contributed by atoms with Crippen molar-refractivity contribution in [2.24, 2.45) is 0 Å². The summed E-state index contributed by atoms with van der Waals surface area (Å²) in [5.41, 5.74) is 8.84. The van der Waals surface area contributed by atoms with Gasteiger partial charge in [-0.1, -0.05) is 66.7 Å². The van der Waals surface area contributed by atoms with E-state index in [2.05, 4.69) is 103 Å². The van der Waals surface area contributed by atoms with Crippen LogP contribution in [0.15, 0.2) is 78.9 Å². The Morgan fingerprint density at radius 1 is 0.556 bits per heavy atom. The van der Waals surface area contributed by atoms with Gasteiger partial charge < -0.3 is 9.97 Å². The summed E-state index contributed by atoms with van der Waals surface area (Å²) in [6, 6.07) is 27.9. The number of hydrogen-bond donors (Lipinski definition) is 2. The molecule has 0 amide bonds. The monoisotopic (exact) mass is 350 g/mol. The van der Waals surface area contributed by atoms with Crippen LogP contribution in [-0.4, -0.2) is 9.97 Å². The van der Waals surface area contributed by atoms with E-state index < -0.39 is 0 Å². The molecule has 0 saturated heterocycles. The zero-order valence-electron chi connectivity index (χ0n) is 15.6. The highest BCUT2D eigenvalue weighted by molar-refractivity contribution is 5.87. The van der Waals surface area contributed by atoms with Crippen LogP contribution in [-0.2, 0) is 0 Å². The molecule has 0 radical (unpaired) electrons. The van der Waals surface area contributed by atoms with E-state index in [-0.39, 0.29) is 5.92 Å². The van der Waals surface area contributed by atoms with Gasteiger partial charge in [-0.2, -0.15) is 0 Å². The first kappa shape index (κ1) is 16.0. The Morgan fingerprint density at radius 3 is 1.48 bits per heavy atom. The third-order valence-electron chi connectivity index (χ3n) is 5.72. The Labute approximate surface area is 158 Å². The van der Waals surface area contributed by atoms with Crippen molar-refractivity contribution in [3.05, 3.63) is 107 Å². The molecule has 5 rings (SSSR count). The topological polar surface area (TPSA) is 31.6 Å². The quantitative estimate of drug-likeness (QED) is 0.375. The molecule has 5 aromatic rings. The molecule has 2 aromatic heterocycles. The minimum absolute atomic E-state index is 0.144. The normalized spacial score (nSPS) is 11.7. The first-order chi connectivity index (χ1) is 13.2. The number of aromatic amines is 2. The van der Waals surface area contributed by atoms with Crippen molar-refractivity contribution >= 4 is 21.8 Å². The van der Waals surface area contributed by atoms with Crippen molar-refractivity contribution in [1.29, 1.82) is 0 Å². The molecular weight excluding hydrogens is 328 g/mol. The molecule has 0 unspecified atom stereocenters. The number of aromatic nitrogens is 2. The summed E-state index contributed by atoms with van der Waals surface area (Å²) < 4.78 is 0. The second-order valence-corrected chi connectivity index (χ2v) is 7.26. The van der Waals surface area contributed by atoms with Crippen LogP contribution in [0, 0.1) is 13.8 Å². The Morgan fingerprint density at radius 2 is 1.00 bits per heavy atom. The summed E-state index contributed by atoms with van der Waals surface area (Å²) in [7, 11) is 0. The fraction of sp³-hybridized carbons (Fsp3) is 0.120. The molecular formula is C25H22N2. The van der Waals surface area contributed by atoms with Gasteiger partial charge >= 0.3 is 0 Å². The molecule has 0 atom stereocenters. The van der Waals surface area contributed by atoms with Gasteiger partial charge in [-0.25, -0.2) is 0 Å². The van der Waals surface area contributed by atoms with Gasteiger partial charge in [-0.15, -0.1) is 0 Å². The number of aryl methyl sites for hydroxylation is 2. The molecule has 132 valence electrons. The van der Waals surface area contributed by atoms with Crippen LogP contribution >= 0.6 is 0 Å². The fourth-order valence-electron chi connectivity index (χ4n) is 4.31. The number of H-pyrrole nitrogens is 2.